The zero-order valence-electron chi connectivity index (χ0n) is 12.0. The predicted octanol–water partition coefficient (Wildman–Crippen LogP) is 2.89. The van der Waals surface area contributed by atoms with Gasteiger partial charge < -0.3 is 10.2 Å². The predicted molar refractivity (Wildman–Crippen MR) is 76.7 cm³/mol. The Bertz CT molecular complexity index is 266. The van der Waals surface area contributed by atoms with Crippen molar-refractivity contribution in [1.82, 2.24) is 10.2 Å². The molecule has 0 aromatic carbocycles. The Hall–Kier alpha value is -0.0800. The SMILES string of the molecule is CCCC1CN(CC2CC3CCC2C3)CCCN1. The number of rotatable bonds is 4. The number of hydrogen-bond donors (Lipinski definition) is 1. The van der Waals surface area contributed by atoms with Gasteiger partial charge in [-0.3, -0.25) is 0 Å². The van der Waals surface area contributed by atoms with E-state index in [-0.39, 0.29) is 0 Å². The summed E-state index contributed by atoms with van der Waals surface area (Å²) in [6.07, 6.45) is 10.2. The smallest absolute Gasteiger partial charge is 0.0194 e. The molecule has 1 saturated heterocycles. The van der Waals surface area contributed by atoms with E-state index in [0.29, 0.717) is 0 Å². The first kappa shape index (κ1) is 12.9. The molecule has 2 aliphatic carbocycles. The number of hydrogen-bond acceptors (Lipinski definition) is 2. The summed E-state index contributed by atoms with van der Waals surface area (Å²) in [5.41, 5.74) is 0. The van der Waals surface area contributed by atoms with Crippen LogP contribution in [0.15, 0.2) is 0 Å². The third kappa shape index (κ3) is 2.91. The van der Waals surface area contributed by atoms with Crippen molar-refractivity contribution >= 4 is 0 Å². The molecule has 4 unspecified atom stereocenters. The fourth-order valence-electron chi connectivity index (χ4n) is 4.72. The molecule has 2 nitrogen and oxygen atoms in total. The van der Waals surface area contributed by atoms with Crippen molar-refractivity contribution in [2.24, 2.45) is 17.8 Å². The van der Waals surface area contributed by atoms with Crippen LogP contribution in [0, 0.1) is 17.8 Å². The van der Waals surface area contributed by atoms with Gasteiger partial charge in [0.1, 0.15) is 0 Å². The molecule has 1 N–H and O–H groups in total. The molecule has 18 heavy (non-hydrogen) atoms. The van der Waals surface area contributed by atoms with Crippen LogP contribution in [0.3, 0.4) is 0 Å². The fraction of sp³-hybridized carbons (Fsp3) is 1.00. The van der Waals surface area contributed by atoms with Crippen molar-refractivity contribution in [1.29, 1.82) is 0 Å². The highest BCUT2D eigenvalue weighted by molar-refractivity contribution is 4.92. The second kappa shape index (κ2) is 5.92. The van der Waals surface area contributed by atoms with E-state index in [0.717, 1.165) is 23.8 Å². The van der Waals surface area contributed by atoms with Gasteiger partial charge in [-0.15, -0.1) is 0 Å². The van der Waals surface area contributed by atoms with Crippen molar-refractivity contribution in [3.8, 4) is 0 Å². The Labute approximate surface area is 113 Å². The summed E-state index contributed by atoms with van der Waals surface area (Å²) in [6.45, 7) is 7.59. The summed E-state index contributed by atoms with van der Waals surface area (Å²) in [5.74, 6) is 3.25. The first-order valence-corrected chi connectivity index (χ1v) is 8.31. The molecule has 0 aromatic heterocycles. The summed E-state index contributed by atoms with van der Waals surface area (Å²) >= 11 is 0. The van der Waals surface area contributed by atoms with Gasteiger partial charge in [-0.25, -0.2) is 0 Å². The lowest BCUT2D eigenvalue weighted by Crippen LogP contribution is -2.40. The van der Waals surface area contributed by atoms with Crippen LogP contribution >= 0.6 is 0 Å². The van der Waals surface area contributed by atoms with Crippen LogP contribution in [-0.2, 0) is 0 Å². The minimum atomic E-state index is 0.760. The van der Waals surface area contributed by atoms with Gasteiger partial charge in [0, 0.05) is 19.1 Å². The number of nitrogens with zero attached hydrogens (tertiary/aromatic N) is 1. The van der Waals surface area contributed by atoms with Gasteiger partial charge in [-0.05, 0) is 62.9 Å². The molecule has 0 spiro atoms. The third-order valence-electron chi connectivity index (χ3n) is 5.58. The van der Waals surface area contributed by atoms with E-state index in [4.69, 9.17) is 0 Å². The lowest BCUT2D eigenvalue weighted by atomic mass is 9.88. The zero-order valence-corrected chi connectivity index (χ0v) is 12.0. The largest absolute Gasteiger partial charge is 0.313 e. The summed E-state index contributed by atoms with van der Waals surface area (Å²) < 4.78 is 0. The molecule has 0 amide bonds. The second-order valence-corrected chi connectivity index (χ2v) is 6.99. The van der Waals surface area contributed by atoms with Crippen molar-refractivity contribution in [3.63, 3.8) is 0 Å². The van der Waals surface area contributed by atoms with Gasteiger partial charge in [0.05, 0.1) is 0 Å². The molecule has 3 rings (SSSR count). The molecule has 1 heterocycles. The normalized spacial score (nSPS) is 41.2. The summed E-state index contributed by atoms with van der Waals surface area (Å²) in [6, 6.07) is 0.760. The molecule has 0 aromatic rings. The summed E-state index contributed by atoms with van der Waals surface area (Å²) in [5, 5.41) is 3.73. The average molecular weight is 250 g/mol. The van der Waals surface area contributed by atoms with E-state index in [1.165, 1.54) is 45.4 Å². The van der Waals surface area contributed by atoms with E-state index >= 15 is 0 Å². The summed E-state index contributed by atoms with van der Waals surface area (Å²) in [7, 11) is 0. The maximum Gasteiger partial charge on any atom is 0.0194 e. The molecule has 3 fully saturated rings. The molecular formula is C16H30N2. The Morgan fingerprint density at radius 2 is 2.17 bits per heavy atom. The Morgan fingerprint density at radius 1 is 1.22 bits per heavy atom. The van der Waals surface area contributed by atoms with Crippen molar-refractivity contribution in [3.05, 3.63) is 0 Å². The van der Waals surface area contributed by atoms with Gasteiger partial charge in [0.25, 0.3) is 0 Å². The van der Waals surface area contributed by atoms with E-state index in [9.17, 15) is 0 Å². The van der Waals surface area contributed by atoms with Crippen LogP contribution in [0.2, 0.25) is 0 Å². The maximum absolute atomic E-state index is 3.73. The van der Waals surface area contributed by atoms with Crippen LogP contribution in [0.4, 0.5) is 0 Å². The minimum Gasteiger partial charge on any atom is -0.313 e. The van der Waals surface area contributed by atoms with Gasteiger partial charge in [0.15, 0.2) is 0 Å². The van der Waals surface area contributed by atoms with E-state index in [1.54, 1.807) is 25.7 Å². The van der Waals surface area contributed by atoms with Gasteiger partial charge in [-0.2, -0.15) is 0 Å². The van der Waals surface area contributed by atoms with Crippen molar-refractivity contribution < 1.29 is 0 Å². The van der Waals surface area contributed by atoms with Gasteiger partial charge in [-0.1, -0.05) is 19.8 Å². The van der Waals surface area contributed by atoms with Crippen LogP contribution in [-0.4, -0.2) is 37.1 Å². The number of nitrogens with one attached hydrogen (secondary N) is 1. The monoisotopic (exact) mass is 250 g/mol. The van der Waals surface area contributed by atoms with Gasteiger partial charge in [0.2, 0.25) is 0 Å². The molecule has 2 heteroatoms. The minimum absolute atomic E-state index is 0.760. The second-order valence-electron chi connectivity index (χ2n) is 6.99. The zero-order chi connectivity index (χ0) is 12.4. The average Bonchev–Trinajstić information content (AvgIpc) is 2.90. The number of fused-ring (bicyclic) bond motifs is 2. The molecule has 104 valence electrons. The first-order chi connectivity index (χ1) is 8.85. The fourth-order valence-corrected chi connectivity index (χ4v) is 4.72. The quantitative estimate of drug-likeness (QED) is 0.825. The highest BCUT2D eigenvalue weighted by atomic mass is 15.2. The molecule has 2 bridgehead atoms. The highest BCUT2D eigenvalue weighted by Gasteiger charge is 2.40. The molecule has 1 aliphatic heterocycles. The third-order valence-corrected chi connectivity index (χ3v) is 5.58. The van der Waals surface area contributed by atoms with Crippen LogP contribution in [0.5, 0.6) is 0 Å². The topological polar surface area (TPSA) is 15.3 Å². The summed E-state index contributed by atoms with van der Waals surface area (Å²) in [4.78, 5) is 2.78. The Kier molecular flexibility index (Phi) is 4.25. The highest BCUT2D eigenvalue weighted by Crippen LogP contribution is 2.48. The molecular weight excluding hydrogens is 220 g/mol. The van der Waals surface area contributed by atoms with E-state index in [2.05, 4.69) is 17.1 Å². The lowest BCUT2D eigenvalue weighted by Gasteiger charge is -2.30. The van der Waals surface area contributed by atoms with Crippen LogP contribution in [0.25, 0.3) is 0 Å². The standard InChI is InChI=1S/C16H30N2/c1-2-4-16-12-18(8-3-7-17-16)11-15-10-13-5-6-14(15)9-13/h13-17H,2-12H2,1H3. The molecule has 4 atom stereocenters. The van der Waals surface area contributed by atoms with Crippen molar-refractivity contribution in [2.45, 2.75) is 57.9 Å². The van der Waals surface area contributed by atoms with Crippen molar-refractivity contribution in [2.75, 3.05) is 26.2 Å². The van der Waals surface area contributed by atoms with Gasteiger partial charge >= 0.3 is 0 Å². The van der Waals surface area contributed by atoms with Crippen LogP contribution in [0.1, 0.15) is 51.9 Å². The molecule has 3 aliphatic rings. The first-order valence-electron chi connectivity index (χ1n) is 8.31. The molecule has 2 saturated carbocycles. The Morgan fingerprint density at radius 3 is 2.89 bits per heavy atom. The Balaban J connectivity index is 1.51. The van der Waals surface area contributed by atoms with E-state index in [1.807, 2.05) is 0 Å². The lowest BCUT2D eigenvalue weighted by molar-refractivity contribution is 0.185. The van der Waals surface area contributed by atoms with Crippen LogP contribution < -0.4 is 5.32 Å². The molecule has 0 radical (unpaired) electrons. The van der Waals surface area contributed by atoms with E-state index < -0.39 is 0 Å². The maximum atomic E-state index is 3.73.